The lowest BCUT2D eigenvalue weighted by Crippen LogP contribution is -2.62. The van der Waals surface area contributed by atoms with Crippen molar-refractivity contribution in [3.63, 3.8) is 0 Å². The van der Waals surface area contributed by atoms with Crippen molar-refractivity contribution in [2.24, 2.45) is 17.8 Å². The fourth-order valence-electron chi connectivity index (χ4n) is 14.4. The molecule has 9 heteroatoms. The van der Waals surface area contributed by atoms with Crippen LogP contribution in [0.2, 0.25) is 0 Å². The zero-order valence-electron chi connectivity index (χ0n) is 50.5. The molecule has 6 aromatic carbocycles. The molecule has 6 saturated heterocycles. The summed E-state index contributed by atoms with van der Waals surface area (Å²) < 4.78 is 0. The Morgan fingerprint density at radius 1 is 0.333 bits per heavy atom. The van der Waals surface area contributed by atoms with Crippen molar-refractivity contribution in [2.45, 2.75) is 153 Å². The van der Waals surface area contributed by atoms with Gasteiger partial charge in [0, 0.05) is 52.9 Å². The van der Waals surface area contributed by atoms with Gasteiger partial charge in [-0.05, 0) is 169 Å². The average molecular weight is 1090 g/mol. The summed E-state index contributed by atoms with van der Waals surface area (Å²) in [6.45, 7) is 15.4. The standard InChI is InChI=1S/3C22H26N2O.3C2H6/c3*1-24-16-17-12-14-22(24,15-13-17)20(18-8-4-2-5-9-18)23-21(25)19-10-6-3-7-11-19;3*1-2/h3*2-11,17,20H,12-16H2,1H3,(H,23,25);3*1-2H3/t2*17?,20-,22?;;;;/m10..../s1. The highest BCUT2D eigenvalue weighted by molar-refractivity contribution is 5.95. The fraction of sp³-hybridized carbons (Fsp3) is 0.458. The number of piperidine rings is 6. The highest BCUT2D eigenvalue weighted by atomic mass is 16.2. The van der Waals surface area contributed by atoms with Gasteiger partial charge in [-0.1, -0.05) is 187 Å². The first-order valence-corrected chi connectivity index (χ1v) is 30.9. The first kappa shape index (κ1) is 62.2. The lowest BCUT2D eigenvalue weighted by molar-refractivity contribution is -0.0404. The SMILES string of the molecule is CC.CC.CC.CN1CC2CCC1(C(NC(=O)c1ccccc1)c1ccccc1)CC2.CN1CC2CCC1([C@@H](NC(=O)c1ccccc1)c1ccccc1)CC2.CN1CC2CCC1([C@H](NC(=O)c1ccccc1)c1ccccc1)CC2. The van der Waals surface area contributed by atoms with Gasteiger partial charge in [0.1, 0.15) is 0 Å². The normalized spacial score (nSPS) is 25.2. The molecule has 6 aromatic rings. The molecule has 6 aliphatic heterocycles. The zero-order chi connectivity index (χ0) is 57.8. The Hall–Kier alpha value is -6.39. The van der Waals surface area contributed by atoms with E-state index in [9.17, 15) is 14.4 Å². The van der Waals surface area contributed by atoms with Crippen LogP contribution in [0.4, 0.5) is 0 Å². The summed E-state index contributed by atoms with van der Waals surface area (Å²) in [5.74, 6) is 2.54. The predicted octanol–water partition coefficient (Wildman–Crippen LogP) is 15.2. The Kier molecular flexibility index (Phi) is 23.1. The van der Waals surface area contributed by atoms with Gasteiger partial charge in [-0.2, -0.15) is 0 Å². The predicted molar refractivity (Wildman–Crippen MR) is 335 cm³/mol. The molecule has 3 aliphatic carbocycles. The van der Waals surface area contributed by atoms with Crippen molar-refractivity contribution < 1.29 is 14.4 Å². The molecule has 81 heavy (non-hydrogen) atoms. The Morgan fingerprint density at radius 2 is 0.519 bits per heavy atom. The largest absolute Gasteiger partial charge is 0.343 e. The smallest absolute Gasteiger partial charge is 0.251 e. The van der Waals surface area contributed by atoms with Crippen molar-refractivity contribution in [1.29, 1.82) is 0 Å². The second-order valence-corrected chi connectivity index (χ2v) is 22.8. The van der Waals surface area contributed by atoms with Crippen LogP contribution in [0.5, 0.6) is 0 Å². The molecule has 3 saturated carbocycles. The second-order valence-electron chi connectivity index (χ2n) is 22.8. The van der Waals surface area contributed by atoms with Crippen molar-refractivity contribution in [2.75, 3.05) is 40.8 Å². The third-order valence-electron chi connectivity index (χ3n) is 18.7. The van der Waals surface area contributed by atoms with E-state index in [2.05, 4.69) is 125 Å². The van der Waals surface area contributed by atoms with Crippen LogP contribution >= 0.6 is 0 Å². The Bertz CT molecular complexity index is 2470. The highest BCUT2D eigenvalue weighted by Gasteiger charge is 2.53. The minimum Gasteiger partial charge on any atom is -0.343 e. The number of amides is 3. The Morgan fingerprint density at radius 3 is 0.704 bits per heavy atom. The van der Waals surface area contributed by atoms with Crippen LogP contribution in [-0.4, -0.2) is 89.8 Å². The number of nitrogens with one attached hydrogen (secondary N) is 3. The molecule has 0 spiro atoms. The minimum atomic E-state index is 0.0184. The van der Waals surface area contributed by atoms with Crippen LogP contribution in [0.1, 0.15) is 184 Å². The molecule has 3 amide bonds. The van der Waals surface area contributed by atoms with Gasteiger partial charge in [-0.3, -0.25) is 29.1 Å². The molecule has 1 unspecified atom stereocenters. The summed E-state index contributed by atoms with van der Waals surface area (Å²) in [6.07, 6.45) is 14.6. The summed E-state index contributed by atoms with van der Waals surface area (Å²) in [4.78, 5) is 46.3. The summed E-state index contributed by atoms with van der Waals surface area (Å²) >= 11 is 0. The van der Waals surface area contributed by atoms with Crippen LogP contribution in [0.3, 0.4) is 0 Å². The summed E-state index contributed by atoms with van der Waals surface area (Å²) in [5.41, 5.74) is 5.89. The summed E-state index contributed by atoms with van der Waals surface area (Å²) in [5, 5.41) is 10.2. The van der Waals surface area contributed by atoms with Gasteiger partial charge >= 0.3 is 0 Å². The molecule has 9 fully saturated rings. The maximum absolute atomic E-state index is 12.9. The number of hydrogen-bond acceptors (Lipinski definition) is 6. The van der Waals surface area contributed by atoms with Crippen LogP contribution < -0.4 is 16.0 Å². The first-order chi connectivity index (χ1) is 39.6. The quantitative estimate of drug-likeness (QED) is 0.113. The molecule has 432 valence electrons. The molecule has 0 radical (unpaired) electrons. The third kappa shape index (κ3) is 14.5. The topological polar surface area (TPSA) is 97.0 Å². The Labute approximate surface area is 487 Å². The number of carbonyl (C=O) groups excluding carboxylic acids is 3. The number of nitrogens with zero attached hydrogens (tertiary/aromatic N) is 3. The van der Waals surface area contributed by atoms with E-state index >= 15 is 0 Å². The highest BCUT2D eigenvalue weighted by Crippen LogP contribution is 2.51. The van der Waals surface area contributed by atoms with E-state index in [1.54, 1.807) is 0 Å². The van der Waals surface area contributed by atoms with Crippen LogP contribution in [-0.2, 0) is 0 Å². The van der Waals surface area contributed by atoms with E-state index in [4.69, 9.17) is 0 Å². The average Bonchev–Trinajstić information content (AvgIpc) is 3.74. The van der Waals surface area contributed by atoms with Crippen molar-refractivity contribution in [1.82, 2.24) is 30.7 Å². The maximum Gasteiger partial charge on any atom is 0.251 e. The van der Waals surface area contributed by atoms with Crippen LogP contribution in [0.15, 0.2) is 182 Å². The van der Waals surface area contributed by atoms with Gasteiger partial charge in [0.15, 0.2) is 0 Å². The van der Waals surface area contributed by atoms with Crippen LogP contribution in [0, 0.1) is 17.8 Å². The number of rotatable bonds is 12. The number of hydrogen-bond donors (Lipinski definition) is 3. The van der Waals surface area contributed by atoms with E-state index in [0.717, 1.165) is 92.6 Å². The lowest BCUT2D eigenvalue weighted by Gasteiger charge is -2.57. The Balaban J connectivity index is 0.000000167. The van der Waals surface area contributed by atoms with Gasteiger partial charge < -0.3 is 16.0 Å². The third-order valence-corrected chi connectivity index (χ3v) is 18.7. The van der Waals surface area contributed by atoms with Gasteiger partial charge in [0.25, 0.3) is 17.7 Å². The molecular formula is C72H96N6O3. The summed E-state index contributed by atoms with van der Waals surface area (Å²) in [6, 6.07) is 60.2. The van der Waals surface area contributed by atoms with Gasteiger partial charge in [-0.25, -0.2) is 0 Å². The van der Waals surface area contributed by atoms with Gasteiger partial charge in [-0.15, -0.1) is 0 Å². The zero-order valence-corrected chi connectivity index (χ0v) is 50.5. The van der Waals surface area contributed by atoms with Crippen molar-refractivity contribution in [3.8, 4) is 0 Å². The maximum atomic E-state index is 12.9. The lowest BCUT2D eigenvalue weighted by atomic mass is 9.66. The first-order valence-electron chi connectivity index (χ1n) is 30.9. The molecule has 9 nitrogen and oxygen atoms in total. The van der Waals surface area contributed by atoms with E-state index in [1.165, 1.54) is 55.2 Å². The van der Waals surface area contributed by atoms with E-state index in [0.29, 0.717) is 0 Å². The molecule has 6 heterocycles. The monoisotopic (exact) mass is 1090 g/mol. The molecule has 3 atom stereocenters. The van der Waals surface area contributed by atoms with Crippen LogP contribution in [0.25, 0.3) is 0 Å². The van der Waals surface area contributed by atoms with E-state index in [-0.39, 0.29) is 52.5 Å². The van der Waals surface area contributed by atoms with E-state index in [1.807, 2.05) is 151 Å². The van der Waals surface area contributed by atoms with Crippen molar-refractivity contribution >= 4 is 17.7 Å². The fourth-order valence-corrected chi connectivity index (χ4v) is 14.4. The second kappa shape index (κ2) is 30.1. The molecule has 9 aliphatic rings. The molecule has 15 rings (SSSR count). The minimum absolute atomic E-state index is 0.0184. The molecule has 6 bridgehead atoms. The number of benzene rings is 6. The van der Waals surface area contributed by atoms with E-state index < -0.39 is 0 Å². The van der Waals surface area contributed by atoms with Gasteiger partial charge in [0.05, 0.1) is 18.1 Å². The van der Waals surface area contributed by atoms with Gasteiger partial charge in [0.2, 0.25) is 0 Å². The molecular weight excluding hydrogens is 997 g/mol. The van der Waals surface area contributed by atoms with Crippen molar-refractivity contribution in [3.05, 3.63) is 215 Å². The number of fused-ring (bicyclic) bond motifs is 9. The summed E-state index contributed by atoms with van der Waals surface area (Å²) in [7, 11) is 6.70. The number of likely N-dealkylation sites (N-methyl/N-ethyl adjacent to an activating group) is 3. The molecule has 0 aromatic heterocycles. The molecule has 3 N–H and O–H groups in total. The number of carbonyl (C=O) groups is 3.